The van der Waals surface area contributed by atoms with E-state index in [9.17, 15) is 4.79 Å². The second-order valence-electron chi connectivity index (χ2n) is 5.24. The molecule has 0 heterocycles. The summed E-state index contributed by atoms with van der Waals surface area (Å²) in [7, 11) is 0. The Kier molecular flexibility index (Phi) is 5.28. The molecule has 21 heavy (non-hydrogen) atoms. The number of hydrogen-bond donors (Lipinski definition) is 2. The zero-order valence-electron chi connectivity index (χ0n) is 11.9. The van der Waals surface area contributed by atoms with Gasteiger partial charge >= 0.3 is 0 Å². The minimum absolute atomic E-state index is 0.124. The van der Waals surface area contributed by atoms with Crippen molar-refractivity contribution in [3.63, 3.8) is 0 Å². The SMILES string of the molecule is CC(Oc1c(N)cc(C#N)cc1I)C(=O)NC1CCCC1. The van der Waals surface area contributed by atoms with Crippen LogP contribution in [0.25, 0.3) is 0 Å². The van der Waals surface area contributed by atoms with Crippen molar-refractivity contribution in [2.24, 2.45) is 0 Å². The molecular weight excluding hydrogens is 381 g/mol. The highest BCUT2D eigenvalue weighted by Crippen LogP contribution is 2.30. The maximum atomic E-state index is 12.1. The van der Waals surface area contributed by atoms with Crippen molar-refractivity contribution >= 4 is 34.2 Å². The third-order valence-electron chi connectivity index (χ3n) is 3.57. The van der Waals surface area contributed by atoms with Gasteiger partial charge in [-0.2, -0.15) is 5.26 Å². The van der Waals surface area contributed by atoms with Crippen LogP contribution in [0.15, 0.2) is 12.1 Å². The summed E-state index contributed by atoms with van der Waals surface area (Å²) in [6, 6.07) is 5.55. The van der Waals surface area contributed by atoms with Gasteiger partial charge in [-0.15, -0.1) is 0 Å². The number of rotatable bonds is 4. The predicted octanol–water partition coefficient (Wildman–Crippen LogP) is 2.57. The molecule has 1 unspecified atom stereocenters. The summed E-state index contributed by atoms with van der Waals surface area (Å²) < 4.78 is 6.42. The first kappa shape index (κ1) is 15.9. The Morgan fingerprint density at radius 3 is 2.76 bits per heavy atom. The van der Waals surface area contributed by atoms with E-state index < -0.39 is 6.10 Å². The summed E-state index contributed by atoms with van der Waals surface area (Å²) in [5.41, 5.74) is 6.75. The first-order valence-electron chi connectivity index (χ1n) is 6.97. The highest BCUT2D eigenvalue weighted by atomic mass is 127. The van der Waals surface area contributed by atoms with Crippen LogP contribution in [-0.4, -0.2) is 18.1 Å². The van der Waals surface area contributed by atoms with Gasteiger partial charge in [0.2, 0.25) is 0 Å². The monoisotopic (exact) mass is 399 g/mol. The van der Waals surface area contributed by atoms with Crippen molar-refractivity contribution in [2.45, 2.75) is 44.8 Å². The maximum Gasteiger partial charge on any atom is 0.260 e. The lowest BCUT2D eigenvalue weighted by Crippen LogP contribution is -2.41. The second-order valence-corrected chi connectivity index (χ2v) is 6.40. The van der Waals surface area contributed by atoms with E-state index in [1.54, 1.807) is 19.1 Å². The molecular formula is C15H18IN3O2. The number of carbonyl (C=O) groups excluding carboxylic acids is 1. The van der Waals surface area contributed by atoms with Gasteiger partial charge in [-0.25, -0.2) is 0 Å². The average Bonchev–Trinajstić information content (AvgIpc) is 2.95. The molecule has 0 saturated heterocycles. The summed E-state index contributed by atoms with van der Waals surface area (Å²) in [6.45, 7) is 1.71. The number of nitrogens with two attached hydrogens (primary N) is 1. The number of anilines is 1. The van der Waals surface area contributed by atoms with Gasteiger partial charge in [-0.3, -0.25) is 4.79 Å². The molecule has 1 aromatic rings. The van der Waals surface area contributed by atoms with E-state index in [1.165, 1.54) is 12.8 Å². The van der Waals surface area contributed by atoms with Gasteiger partial charge in [0, 0.05) is 6.04 Å². The van der Waals surface area contributed by atoms with Gasteiger partial charge in [0.15, 0.2) is 11.9 Å². The number of benzene rings is 1. The number of ether oxygens (including phenoxy) is 1. The lowest BCUT2D eigenvalue weighted by molar-refractivity contribution is -0.127. The van der Waals surface area contributed by atoms with Crippen LogP contribution in [0.5, 0.6) is 5.75 Å². The summed E-state index contributed by atoms with van der Waals surface area (Å²) in [5.74, 6) is 0.338. The molecule has 112 valence electrons. The van der Waals surface area contributed by atoms with Crippen LogP contribution in [0.3, 0.4) is 0 Å². The highest BCUT2D eigenvalue weighted by molar-refractivity contribution is 14.1. The Balaban J connectivity index is 2.03. The third-order valence-corrected chi connectivity index (χ3v) is 4.37. The van der Waals surface area contributed by atoms with Gasteiger partial charge in [0.05, 0.1) is 20.9 Å². The molecule has 1 aliphatic rings. The molecule has 0 radical (unpaired) electrons. The van der Waals surface area contributed by atoms with E-state index in [2.05, 4.69) is 27.9 Å². The first-order valence-corrected chi connectivity index (χ1v) is 8.05. The van der Waals surface area contributed by atoms with Crippen molar-refractivity contribution in [3.8, 4) is 11.8 Å². The van der Waals surface area contributed by atoms with E-state index >= 15 is 0 Å². The molecule has 6 heteroatoms. The maximum absolute atomic E-state index is 12.1. The summed E-state index contributed by atoms with van der Waals surface area (Å²) >= 11 is 2.05. The van der Waals surface area contributed by atoms with Crippen molar-refractivity contribution in [2.75, 3.05) is 5.73 Å². The molecule has 0 spiro atoms. The van der Waals surface area contributed by atoms with Crippen LogP contribution in [0, 0.1) is 14.9 Å². The van der Waals surface area contributed by atoms with Gasteiger partial charge in [-0.1, -0.05) is 12.8 Å². The van der Waals surface area contributed by atoms with Gasteiger partial charge in [-0.05, 0) is 54.5 Å². The molecule has 3 N–H and O–H groups in total. The standard InChI is InChI=1S/C15H18IN3O2/c1-9(15(20)19-11-4-2-3-5-11)21-14-12(16)6-10(8-17)7-13(14)18/h6-7,9,11H,2-5,18H2,1H3,(H,19,20). The molecule has 1 aromatic carbocycles. The highest BCUT2D eigenvalue weighted by Gasteiger charge is 2.23. The van der Waals surface area contributed by atoms with E-state index in [0.717, 1.165) is 16.4 Å². The van der Waals surface area contributed by atoms with Crippen molar-refractivity contribution < 1.29 is 9.53 Å². The number of nitrogens with zero attached hydrogens (tertiary/aromatic N) is 1. The minimum atomic E-state index is -0.616. The number of nitrogens with one attached hydrogen (secondary N) is 1. The lowest BCUT2D eigenvalue weighted by atomic mass is 10.2. The molecule has 1 atom stereocenters. The quantitative estimate of drug-likeness (QED) is 0.602. The number of amides is 1. The largest absolute Gasteiger partial charge is 0.478 e. The third kappa shape index (κ3) is 4.00. The molecule has 2 rings (SSSR count). The van der Waals surface area contributed by atoms with E-state index in [1.807, 2.05) is 6.07 Å². The second kappa shape index (κ2) is 6.98. The molecule has 0 aromatic heterocycles. The number of halogens is 1. The van der Waals surface area contributed by atoms with Gasteiger partial charge < -0.3 is 15.8 Å². The lowest BCUT2D eigenvalue weighted by Gasteiger charge is -2.19. The van der Waals surface area contributed by atoms with Crippen LogP contribution in [-0.2, 0) is 4.79 Å². The summed E-state index contributed by atoms with van der Waals surface area (Å²) in [6.07, 6.45) is 3.79. The Morgan fingerprint density at radius 1 is 1.52 bits per heavy atom. The Bertz CT molecular complexity index is 554. The Labute approximate surface area is 138 Å². The predicted molar refractivity (Wildman–Crippen MR) is 88.8 cm³/mol. The number of nitriles is 1. The normalized spacial score (nSPS) is 16.2. The van der Waals surface area contributed by atoms with Crippen LogP contribution >= 0.6 is 22.6 Å². The molecule has 5 nitrogen and oxygen atoms in total. The fourth-order valence-electron chi connectivity index (χ4n) is 2.42. The molecule has 0 bridgehead atoms. The van der Waals surface area contributed by atoms with Gasteiger partial charge in [0.25, 0.3) is 5.91 Å². The zero-order chi connectivity index (χ0) is 15.4. The molecule has 0 aliphatic heterocycles. The number of hydrogen-bond acceptors (Lipinski definition) is 4. The summed E-state index contributed by atoms with van der Waals surface area (Å²) in [5, 5.41) is 11.9. The van der Waals surface area contributed by atoms with Crippen molar-refractivity contribution in [1.29, 1.82) is 5.26 Å². The fraction of sp³-hybridized carbons (Fsp3) is 0.467. The molecule has 1 saturated carbocycles. The average molecular weight is 399 g/mol. The topological polar surface area (TPSA) is 88.1 Å². The van der Waals surface area contributed by atoms with E-state index in [0.29, 0.717) is 17.0 Å². The van der Waals surface area contributed by atoms with Crippen molar-refractivity contribution in [3.05, 3.63) is 21.3 Å². The van der Waals surface area contributed by atoms with Crippen molar-refractivity contribution in [1.82, 2.24) is 5.32 Å². The van der Waals surface area contributed by atoms with E-state index in [4.69, 9.17) is 15.7 Å². The molecule has 1 aliphatic carbocycles. The first-order chi connectivity index (χ1) is 10.0. The van der Waals surface area contributed by atoms with Crippen LogP contribution < -0.4 is 15.8 Å². The molecule has 1 amide bonds. The summed E-state index contributed by atoms with van der Waals surface area (Å²) in [4.78, 5) is 12.1. The zero-order valence-corrected chi connectivity index (χ0v) is 14.0. The smallest absolute Gasteiger partial charge is 0.260 e. The van der Waals surface area contributed by atoms with Crippen LogP contribution in [0.2, 0.25) is 0 Å². The number of nitrogen functional groups attached to an aromatic ring is 1. The van der Waals surface area contributed by atoms with Crippen LogP contribution in [0.1, 0.15) is 38.2 Å². The van der Waals surface area contributed by atoms with Gasteiger partial charge in [0.1, 0.15) is 0 Å². The van der Waals surface area contributed by atoms with Crippen LogP contribution in [0.4, 0.5) is 5.69 Å². The van der Waals surface area contributed by atoms with E-state index in [-0.39, 0.29) is 11.9 Å². The number of carbonyl (C=O) groups is 1. The molecule has 1 fully saturated rings. The Hall–Kier alpha value is -1.49. The Morgan fingerprint density at radius 2 is 2.19 bits per heavy atom. The minimum Gasteiger partial charge on any atom is -0.478 e. The fourth-order valence-corrected chi connectivity index (χ4v) is 3.20.